The summed E-state index contributed by atoms with van der Waals surface area (Å²) >= 11 is 6.26. The molecule has 3 rings (SSSR count). The summed E-state index contributed by atoms with van der Waals surface area (Å²) < 4.78 is 5.29. The van der Waals surface area contributed by atoms with Gasteiger partial charge in [-0.3, -0.25) is 0 Å². The normalized spacial score (nSPS) is 11.7. The molecule has 128 valence electrons. The predicted octanol–water partition coefficient (Wildman–Crippen LogP) is 4.08. The van der Waals surface area contributed by atoms with Crippen molar-refractivity contribution < 1.29 is 14.8 Å². The number of rotatable bonds is 3. The van der Waals surface area contributed by atoms with Crippen molar-refractivity contribution >= 4 is 17.4 Å². The second-order valence-corrected chi connectivity index (χ2v) is 6.04. The molecule has 0 bridgehead atoms. The van der Waals surface area contributed by atoms with Gasteiger partial charge in [-0.2, -0.15) is 0 Å². The van der Waals surface area contributed by atoms with Gasteiger partial charge in [-0.25, -0.2) is 0 Å². The van der Waals surface area contributed by atoms with E-state index in [2.05, 4.69) is 10.3 Å². The zero-order valence-electron chi connectivity index (χ0n) is 13.6. The third-order valence-corrected chi connectivity index (χ3v) is 4.17. The molecule has 7 heteroatoms. The fourth-order valence-electron chi connectivity index (χ4n) is 2.84. The average molecular weight is 358 g/mol. The maximum absolute atomic E-state index is 9.56. The summed E-state index contributed by atoms with van der Waals surface area (Å²) in [5, 5.41) is 26.3. The van der Waals surface area contributed by atoms with Crippen molar-refractivity contribution in [2.45, 2.75) is 13.8 Å². The Morgan fingerprint density at radius 3 is 2.40 bits per heavy atom. The molecular formula is C18H16ClN3O3. The third-order valence-electron chi connectivity index (χ3n) is 3.95. The van der Waals surface area contributed by atoms with Gasteiger partial charge < -0.3 is 20.6 Å². The minimum absolute atomic E-state index is 0.0717. The number of aryl methyl sites for hydroxylation is 2. The lowest BCUT2D eigenvalue weighted by molar-refractivity contribution is 0.318. The van der Waals surface area contributed by atoms with Gasteiger partial charge in [0, 0.05) is 21.7 Å². The van der Waals surface area contributed by atoms with Crippen molar-refractivity contribution in [2.75, 3.05) is 0 Å². The number of halogens is 1. The van der Waals surface area contributed by atoms with Crippen molar-refractivity contribution in [3.63, 3.8) is 0 Å². The Bertz CT molecular complexity index is 943. The number of oxime groups is 1. The van der Waals surface area contributed by atoms with Crippen molar-refractivity contribution in [3.8, 4) is 28.0 Å². The zero-order valence-corrected chi connectivity index (χ0v) is 14.4. The van der Waals surface area contributed by atoms with Gasteiger partial charge in [-0.05, 0) is 49.2 Å². The van der Waals surface area contributed by atoms with E-state index in [9.17, 15) is 10.3 Å². The second kappa shape index (κ2) is 6.49. The van der Waals surface area contributed by atoms with Crippen LogP contribution in [-0.2, 0) is 0 Å². The lowest BCUT2D eigenvalue weighted by Crippen LogP contribution is -2.15. The number of hydrogen-bond acceptors (Lipinski definition) is 5. The highest BCUT2D eigenvalue weighted by Gasteiger charge is 2.22. The van der Waals surface area contributed by atoms with E-state index < -0.39 is 0 Å². The van der Waals surface area contributed by atoms with Gasteiger partial charge in [0.1, 0.15) is 11.5 Å². The molecule has 0 spiro atoms. The standard InChI is InChI=1S/C18H16ClN3O3/c1-9-16(10(2)25-22-9)17-14(11-3-5-13(23)6-4-11)7-12(19)8-15(17)18(20)21-24/h3-8,23-24H,1-2H3,(H2,20,21). The molecule has 0 amide bonds. The molecule has 0 saturated carbocycles. The van der Waals surface area contributed by atoms with Gasteiger partial charge in [-0.1, -0.05) is 34.0 Å². The molecule has 0 aliphatic rings. The van der Waals surface area contributed by atoms with Crippen LogP contribution >= 0.6 is 11.6 Å². The first-order chi connectivity index (χ1) is 11.9. The molecule has 6 nitrogen and oxygen atoms in total. The van der Waals surface area contributed by atoms with Crippen LogP contribution in [0.5, 0.6) is 5.75 Å². The molecule has 1 heterocycles. The first kappa shape index (κ1) is 16.9. The Kier molecular flexibility index (Phi) is 4.37. The van der Waals surface area contributed by atoms with Gasteiger partial charge in [-0.15, -0.1) is 0 Å². The van der Waals surface area contributed by atoms with Crippen molar-refractivity contribution in [2.24, 2.45) is 10.9 Å². The lowest BCUT2D eigenvalue weighted by atomic mass is 9.89. The van der Waals surface area contributed by atoms with Crippen LogP contribution in [-0.4, -0.2) is 21.3 Å². The quantitative estimate of drug-likeness (QED) is 0.283. The fourth-order valence-corrected chi connectivity index (χ4v) is 3.06. The number of aromatic hydroxyl groups is 1. The topological polar surface area (TPSA) is 105 Å². The Hall–Kier alpha value is -2.99. The monoisotopic (exact) mass is 357 g/mol. The number of nitrogens with zero attached hydrogens (tertiary/aromatic N) is 2. The van der Waals surface area contributed by atoms with Crippen molar-refractivity contribution in [1.82, 2.24) is 5.16 Å². The molecule has 4 N–H and O–H groups in total. The highest BCUT2D eigenvalue weighted by atomic mass is 35.5. The number of amidine groups is 1. The molecule has 0 fully saturated rings. The number of benzene rings is 2. The van der Waals surface area contributed by atoms with E-state index in [4.69, 9.17) is 21.9 Å². The molecular weight excluding hydrogens is 342 g/mol. The van der Waals surface area contributed by atoms with Crippen LogP contribution in [0.1, 0.15) is 17.0 Å². The smallest absolute Gasteiger partial charge is 0.170 e. The summed E-state index contributed by atoms with van der Waals surface area (Å²) in [6, 6.07) is 10.1. The average Bonchev–Trinajstić information content (AvgIpc) is 2.93. The summed E-state index contributed by atoms with van der Waals surface area (Å²) in [5.41, 5.74) is 10.0. The van der Waals surface area contributed by atoms with Crippen molar-refractivity contribution in [3.05, 3.63) is 58.4 Å². The minimum Gasteiger partial charge on any atom is -0.508 e. The van der Waals surface area contributed by atoms with Crippen LogP contribution < -0.4 is 5.73 Å². The SMILES string of the molecule is Cc1noc(C)c1-c1c(/C(N)=N/O)cc(Cl)cc1-c1ccc(O)cc1. The molecule has 3 aromatic rings. The van der Waals surface area contributed by atoms with Crippen LogP contribution in [0.2, 0.25) is 5.02 Å². The lowest BCUT2D eigenvalue weighted by Gasteiger charge is -2.15. The van der Waals surface area contributed by atoms with Gasteiger partial charge in [0.2, 0.25) is 0 Å². The Labute approximate surface area is 149 Å². The molecule has 1 aromatic heterocycles. The summed E-state index contributed by atoms with van der Waals surface area (Å²) in [6.45, 7) is 3.61. The maximum atomic E-state index is 9.56. The summed E-state index contributed by atoms with van der Waals surface area (Å²) in [6.07, 6.45) is 0. The summed E-state index contributed by atoms with van der Waals surface area (Å²) in [4.78, 5) is 0. The largest absolute Gasteiger partial charge is 0.508 e. The predicted molar refractivity (Wildman–Crippen MR) is 96.0 cm³/mol. The number of phenols is 1. The molecule has 2 aromatic carbocycles. The number of phenolic OH excluding ortho intramolecular Hbond substituents is 1. The number of nitrogens with two attached hydrogens (primary N) is 1. The van der Waals surface area contributed by atoms with E-state index in [1.165, 1.54) is 0 Å². The fraction of sp³-hybridized carbons (Fsp3) is 0.111. The first-order valence-electron chi connectivity index (χ1n) is 7.46. The number of hydrogen-bond donors (Lipinski definition) is 3. The van der Waals surface area contributed by atoms with Crippen molar-refractivity contribution in [1.29, 1.82) is 0 Å². The molecule has 0 aliphatic carbocycles. The van der Waals surface area contributed by atoms with E-state index in [1.807, 2.05) is 6.92 Å². The van der Waals surface area contributed by atoms with Crippen LogP contribution in [0.3, 0.4) is 0 Å². The molecule has 0 radical (unpaired) electrons. The minimum atomic E-state index is -0.0717. The van der Waals surface area contributed by atoms with Gasteiger partial charge >= 0.3 is 0 Å². The highest BCUT2D eigenvalue weighted by molar-refractivity contribution is 6.31. The van der Waals surface area contributed by atoms with Gasteiger partial charge in [0.15, 0.2) is 5.84 Å². The third kappa shape index (κ3) is 3.04. The van der Waals surface area contributed by atoms with E-state index in [-0.39, 0.29) is 11.6 Å². The number of aromatic nitrogens is 1. The Morgan fingerprint density at radius 2 is 1.84 bits per heavy atom. The van der Waals surface area contributed by atoms with Crippen LogP contribution in [0.4, 0.5) is 0 Å². The van der Waals surface area contributed by atoms with Crippen LogP contribution in [0.15, 0.2) is 46.1 Å². The summed E-state index contributed by atoms with van der Waals surface area (Å²) in [5.74, 6) is 0.686. The maximum Gasteiger partial charge on any atom is 0.170 e. The van der Waals surface area contributed by atoms with Crippen LogP contribution in [0, 0.1) is 13.8 Å². The molecule has 0 saturated heterocycles. The Balaban J connectivity index is 2.42. The van der Waals surface area contributed by atoms with E-state index in [0.717, 1.165) is 16.7 Å². The van der Waals surface area contributed by atoms with E-state index >= 15 is 0 Å². The second-order valence-electron chi connectivity index (χ2n) is 5.61. The van der Waals surface area contributed by atoms with E-state index in [0.29, 0.717) is 27.6 Å². The molecule has 0 unspecified atom stereocenters. The van der Waals surface area contributed by atoms with E-state index in [1.54, 1.807) is 43.3 Å². The molecule has 0 atom stereocenters. The molecule has 25 heavy (non-hydrogen) atoms. The zero-order chi connectivity index (χ0) is 18.1. The molecule has 0 aliphatic heterocycles. The summed E-state index contributed by atoms with van der Waals surface area (Å²) in [7, 11) is 0. The van der Waals surface area contributed by atoms with Gasteiger partial charge in [0.25, 0.3) is 0 Å². The van der Waals surface area contributed by atoms with Gasteiger partial charge in [0.05, 0.1) is 5.69 Å². The highest BCUT2D eigenvalue weighted by Crippen LogP contribution is 2.40. The van der Waals surface area contributed by atoms with Crippen LogP contribution in [0.25, 0.3) is 22.3 Å². The Morgan fingerprint density at radius 1 is 1.16 bits per heavy atom. The first-order valence-corrected chi connectivity index (χ1v) is 7.84.